The molecule has 12 heavy (non-hydrogen) atoms. The molecule has 0 aromatic heterocycles. The first-order valence-corrected chi connectivity index (χ1v) is 3.62. The van der Waals surface area contributed by atoms with Crippen LogP contribution >= 0.6 is 0 Å². The highest BCUT2D eigenvalue weighted by Crippen LogP contribution is 2.26. The van der Waals surface area contributed by atoms with Crippen molar-refractivity contribution in [2.24, 2.45) is 5.41 Å². The van der Waals surface area contributed by atoms with Crippen LogP contribution < -0.4 is 0 Å². The van der Waals surface area contributed by atoms with Crippen molar-refractivity contribution in [2.45, 2.75) is 13.8 Å². The Hall–Kier alpha value is -1.38. The molecule has 1 unspecified atom stereocenters. The molecule has 0 aromatic rings. The Morgan fingerprint density at radius 2 is 2.17 bits per heavy atom. The van der Waals surface area contributed by atoms with Crippen LogP contribution in [-0.4, -0.2) is 16.9 Å². The molecule has 64 valence electrons. The van der Waals surface area contributed by atoms with E-state index >= 15 is 0 Å². The van der Waals surface area contributed by atoms with Crippen molar-refractivity contribution in [3.05, 3.63) is 23.8 Å². The maximum atomic E-state index is 11.0. The highest BCUT2D eigenvalue weighted by atomic mass is 16.4. The predicted octanol–water partition coefficient (Wildman–Crippen LogP) is 1.16. The Morgan fingerprint density at radius 1 is 1.58 bits per heavy atom. The molecule has 0 saturated heterocycles. The van der Waals surface area contributed by atoms with Gasteiger partial charge in [-0.3, -0.25) is 9.59 Å². The number of hydrogen-bond donors (Lipinski definition) is 1. The van der Waals surface area contributed by atoms with Gasteiger partial charge in [0.2, 0.25) is 0 Å². The van der Waals surface area contributed by atoms with E-state index in [1.165, 1.54) is 18.2 Å². The molecule has 3 nitrogen and oxygen atoms in total. The van der Waals surface area contributed by atoms with Gasteiger partial charge in [-0.25, -0.2) is 0 Å². The molecule has 0 spiro atoms. The normalized spacial score (nSPS) is 28.5. The van der Waals surface area contributed by atoms with E-state index in [-0.39, 0.29) is 5.78 Å². The Labute approximate surface area is 70.4 Å². The average Bonchev–Trinajstić information content (AvgIpc) is 1.97. The van der Waals surface area contributed by atoms with Crippen LogP contribution in [0, 0.1) is 5.41 Å². The summed E-state index contributed by atoms with van der Waals surface area (Å²) in [5.41, 5.74) is -0.528. The van der Waals surface area contributed by atoms with Gasteiger partial charge in [-0.2, -0.15) is 0 Å². The molecule has 1 aliphatic carbocycles. The third-order valence-electron chi connectivity index (χ3n) is 1.95. The molecule has 0 amide bonds. The Morgan fingerprint density at radius 3 is 2.58 bits per heavy atom. The van der Waals surface area contributed by atoms with Gasteiger partial charge >= 0.3 is 5.97 Å². The number of hydrogen-bond acceptors (Lipinski definition) is 2. The fourth-order valence-corrected chi connectivity index (χ4v) is 1.08. The van der Waals surface area contributed by atoms with Crippen molar-refractivity contribution < 1.29 is 14.7 Å². The summed E-state index contributed by atoms with van der Waals surface area (Å²) in [6, 6.07) is 0. The quantitative estimate of drug-likeness (QED) is 0.636. The van der Waals surface area contributed by atoms with Gasteiger partial charge < -0.3 is 5.11 Å². The first kappa shape index (κ1) is 8.71. The molecule has 1 aliphatic rings. The third kappa shape index (κ3) is 1.30. The van der Waals surface area contributed by atoms with E-state index in [9.17, 15) is 9.59 Å². The Kier molecular flexibility index (Phi) is 1.88. The summed E-state index contributed by atoms with van der Waals surface area (Å²) in [6.45, 7) is 3.18. The number of carbonyl (C=O) groups is 2. The van der Waals surface area contributed by atoms with E-state index in [0.29, 0.717) is 5.57 Å². The fraction of sp³-hybridized carbons (Fsp3) is 0.333. The van der Waals surface area contributed by atoms with E-state index in [4.69, 9.17) is 5.11 Å². The molecule has 1 atom stereocenters. The maximum Gasteiger partial charge on any atom is 0.317 e. The fourth-order valence-electron chi connectivity index (χ4n) is 1.08. The van der Waals surface area contributed by atoms with Crippen LogP contribution in [0.4, 0.5) is 0 Å². The van der Waals surface area contributed by atoms with Crippen LogP contribution in [0.1, 0.15) is 13.8 Å². The number of allylic oxidation sites excluding steroid dienone is 2. The first-order chi connectivity index (χ1) is 5.46. The molecular formula is C9H10O3. The SMILES string of the molecule is CC1=CC(C)(C(=O)O)C=CC1=O. The minimum atomic E-state index is -1.02. The number of rotatable bonds is 1. The van der Waals surface area contributed by atoms with Crippen LogP contribution in [-0.2, 0) is 9.59 Å². The Bertz CT molecular complexity index is 299. The number of carbonyl (C=O) groups excluding carboxylic acids is 1. The molecule has 0 aliphatic heterocycles. The minimum Gasteiger partial charge on any atom is -0.480 e. The van der Waals surface area contributed by atoms with Gasteiger partial charge in [-0.1, -0.05) is 12.2 Å². The first-order valence-electron chi connectivity index (χ1n) is 3.62. The monoisotopic (exact) mass is 166 g/mol. The third-order valence-corrected chi connectivity index (χ3v) is 1.95. The topological polar surface area (TPSA) is 54.4 Å². The maximum absolute atomic E-state index is 11.0. The lowest BCUT2D eigenvalue weighted by atomic mass is 9.83. The van der Waals surface area contributed by atoms with Crippen molar-refractivity contribution in [3.63, 3.8) is 0 Å². The standard InChI is InChI=1S/C9H10O3/c1-6-5-9(2,8(11)12)4-3-7(6)10/h3-5H,1-2H3,(H,11,12). The molecule has 0 saturated carbocycles. The molecule has 3 heteroatoms. The van der Waals surface area contributed by atoms with Crippen molar-refractivity contribution in [1.29, 1.82) is 0 Å². The number of carboxylic acid groups (broad SMARTS) is 1. The van der Waals surface area contributed by atoms with Crippen LogP contribution in [0.3, 0.4) is 0 Å². The van der Waals surface area contributed by atoms with Crippen LogP contribution in [0.15, 0.2) is 23.8 Å². The summed E-state index contributed by atoms with van der Waals surface area (Å²) < 4.78 is 0. The zero-order valence-corrected chi connectivity index (χ0v) is 7.00. The van der Waals surface area contributed by atoms with Crippen LogP contribution in [0.25, 0.3) is 0 Å². The summed E-state index contributed by atoms with van der Waals surface area (Å²) >= 11 is 0. The zero-order chi connectivity index (χ0) is 9.35. The van der Waals surface area contributed by atoms with Gasteiger partial charge in [0.15, 0.2) is 5.78 Å². The van der Waals surface area contributed by atoms with Crippen LogP contribution in [0.2, 0.25) is 0 Å². The van der Waals surface area contributed by atoms with Gasteiger partial charge in [0, 0.05) is 0 Å². The van der Waals surface area contributed by atoms with E-state index in [1.807, 2.05) is 0 Å². The van der Waals surface area contributed by atoms with Crippen LogP contribution in [0.5, 0.6) is 0 Å². The second-order valence-corrected chi connectivity index (χ2v) is 3.11. The molecule has 1 N–H and O–H groups in total. The van der Waals surface area contributed by atoms with E-state index in [1.54, 1.807) is 13.8 Å². The van der Waals surface area contributed by atoms with Gasteiger partial charge in [0.05, 0.1) is 0 Å². The van der Waals surface area contributed by atoms with E-state index < -0.39 is 11.4 Å². The second kappa shape index (κ2) is 2.59. The van der Waals surface area contributed by atoms with Gasteiger partial charge in [0.1, 0.15) is 5.41 Å². The smallest absolute Gasteiger partial charge is 0.317 e. The molecule has 1 rings (SSSR count). The Balaban J connectivity index is 3.07. The average molecular weight is 166 g/mol. The lowest BCUT2D eigenvalue weighted by molar-refractivity contribution is -0.142. The summed E-state index contributed by atoms with van der Waals surface area (Å²) in [5.74, 6) is -1.06. The summed E-state index contributed by atoms with van der Waals surface area (Å²) in [4.78, 5) is 21.7. The highest BCUT2D eigenvalue weighted by molar-refractivity contribution is 6.06. The lowest BCUT2D eigenvalue weighted by Gasteiger charge is -2.19. The summed E-state index contributed by atoms with van der Waals surface area (Å²) in [7, 11) is 0. The number of aliphatic carboxylic acids is 1. The van der Waals surface area contributed by atoms with Gasteiger partial charge in [0.25, 0.3) is 0 Å². The predicted molar refractivity (Wildman–Crippen MR) is 43.6 cm³/mol. The van der Waals surface area contributed by atoms with Crippen molar-refractivity contribution >= 4 is 11.8 Å². The van der Waals surface area contributed by atoms with Gasteiger partial charge in [-0.15, -0.1) is 0 Å². The zero-order valence-electron chi connectivity index (χ0n) is 7.00. The van der Waals surface area contributed by atoms with Crippen molar-refractivity contribution in [3.8, 4) is 0 Å². The number of ketones is 1. The van der Waals surface area contributed by atoms with E-state index in [2.05, 4.69) is 0 Å². The minimum absolute atomic E-state index is 0.117. The molecule has 0 heterocycles. The molecular weight excluding hydrogens is 156 g/mol. The highest BCUT2D eigenvalue weighted by Gasteiger charge is 2.30. The lowest BCUT2D eigenvalue weighted by Crippen LogP contribution is -2.26. The largest absolute Gasteiger partial charge is 0.480 e. The van der Waals surface area contributed by atoms with Crippen molar-refractivity contribution in [1.82, 2.24) is 0 Å². The molecule has 0 bridgehead atoms. The van der Waals surface area contributed by atoms with Gasteiger partial charge in [-0.05, 0) is 25.5 Å². The summed E-state index contributed by atoms with van der Waals surface area (Å²) in [6.07, 6.45) is 4.19. The number of carboxylic acids is 1. The molecule has 0 radical (unpaired) electrons. The van der Waals surface area contributed by atoms with Crippen molar-refractivity contribution in [2.75, 3.05) is 0 Å². The molecule has 0 fully saturated rings. The van der Waals surface area contributed by atoms with E-state index in [0.717, 1.165) is 0 Å². The second-order valence-electron chi connectivity index (χ2n) is 3.11. The summed E-state index contributed by atoms with van der Waals surface area (Å²) in [5, 5.41) is 8.79. The molecule has 0 aromatic carbocycles.